The molecule has 100 valence electrons. The summed E-state index contributed by atoms with van der Waals surface area (Å²) in [7, 11) is 1.58. The summed E-state index contributed by atoms with van der Waals surface area (Å²) in [6.45, 7) is 0. The van der Waals surface area contributed by atoms with Crippen molar-refractivity contribution in [3.05, 3.63) is 42.1 Å². The number of hydrogen-bond acceptors (Lipinski definition) is 4. The van der Waals surface area contributed by atoms with Crippen LogP contribution >= 0.6 is 0 Å². The van der Waals surface area contributed by atoms with Crippen molar-refractivity contribution in [2.24, 2.45) is 0 Å². The summed E-state index contributed by atoms with van der Waals surface area (Å²) in [6.07, 6.45) is 1.63. The second-order valence-electron chi connectivity index (χ2n) is 4.20. The number of pyridine rings is 1. The number of imidazole rings is 1. The van der Waals surface area contributed by atoms with Crippen molar-refractivity contribution in [3.63, 3.8) is 0 Å². The van der Waals surface area contributed by atoms with Crippen molar-refractivity contribution in [1.29, 1.82) is 0 Å². The smallest absolute Gasteiger partial charge is 0.335 e. The number of carboxylic acids is 1. The maximum Gasteiger partial charge on any atom is 0.335 e. The van der Waals surface area contributed by atoms with Gasteiger partial charge in [0.2, 0.25) is 0 Å². The quantitative estimate of drug-likeness (QED) is 0.761. The lowest BCUT2D eigenvalue weighted by Crippen LogP contribution is -1.94. The second-order valence-corrected chi connectivity index (χ2v) is 4.20. The number of fused-ring (bicyclic) bond motifs is 1. The van der Waals surface area contributed by atoms with Crippen LogP contribution < -0.4 is 4.74 Å². The number of aromatic amines is 1. The second kappa shape index (κ2) is 4.65. The van der Waals surface area contributed by atoms with Gasteiger partial charge in [0.1, 0.15) is 11.4 Å². The Morgan fingerprint density at radius 2 is 2.15 bits per heavy atom. The molecule has 0 unspecified atom stereocenters. The highest BCUT2D eigenvalue weighted by atomic mass is 16.5. The Kier molecular flexibility index (Phi) is 2.83. The van der Waals surface area contributed by atoms with E-state index in [-0.39, 0.29) is 5.56 Å². The molecule has 2 N–H and O–H groups in total. The van der Waals surface area contributed by atoms with Crippen LogP contribution in [0, 0.1) is 0 Å². The van der Waals surface area contributed by atoms with Crippen LogP contribution in [0.5, 0.6) is 5.75 Å². The standard InChI is InChI=1S/C14H11N3O3/c1-20-9-4-5-15-12(7-9)13-16-10-3-2-8(14(18)19)6-11(10)17-13/h2-7H,1H3,(H,16,17)(H,18,19). The molecule has 0 atom stereocenters. The van der Waals surface area contributed by atoms with Crippen molar-refractivity contribution >= 4 is 17.0 Å². The molecule has 1 aromatic carbocycles. The van der Waals surface area contributed by atoms with E-state index in [1.54, 1.807) is 31.5 Å². The van der Waals surface area contributed by atoms with Crippen LogP contribution in [-0.2, 0) is 0 Å². The summed E-state index contributed by atoms with van der Waals surface area (Å²) in [6, 6.07) is 8.25. The highest BCUT2D eigenvalue weighted by Crippen LogP contribution is 2.22. The minimum Gasteiger partial charge on any atom is -0.497 e. The van der Waals surface area contributed by atoms with Gasteiger partial charge in [-0.25, -0.2) is 9.78 Å². The fraction of sp³-hybridized carbons (Fsp3) is 0.0714. The van der Waals surface area contributed by atoms with Gasteiger partial charge >= 0.3 is 5.97 Å². The molecular weight excluding hydrogens is 258 g/mol. The van der Waals surface area contributed by atoms with E-state index >= 15 is 0 Å². The monoisotopic (exact) mass is 269 g/mol. The van der Waals surface area contributed by atoms with Gasteiger partial charge in [-0.2, -0.15) is 0 Å². The number of methoxy groups -OCH3 is 1. The summed E-state index contributed by atoms with van der Waals surface area (Å²) < 4.78 is 5.14. The van der Waals surface area contributed by atoms with Crippen LogP contribution in [0.3, 0.4) is 0 Å². The van der Waals surface area contributed by atoms with Crippen LogP contribution in [0.25, 0.3) is 22.6 Å². The predicted octanol–water partition coefficient (Wildman–Crippen LogP) is 2.33. The van der Waals surface area contributed by atoms with Crippen LogP contribution in [0.2, 0.25) is 0 Å². The lowest BCUT2D eigenvalue weighted by molar-refractivity contribution is 0.0697. The molecule has 0 bridgehead atoms. The Hall–Kier alpha value is -2.89. The van der Waals surface area contributed by atoms with E-state index in [0.29, 0.717) is 22.8 Å². The van der Waals surface area contributed by atoms with E-state index in [0.717, 1.165) is 5.52 Å². The Morgan fingerprint density at radius 3 is 2.90 bits per heavy atom. The van der Waals surface area contributed by atoms with Crippen molar-refractivity contribution in [2.75, 3.05) is 7.11 Å². The average molecular weight is 269 g/mol. The number of H-pyrrole nitrogens is 1. The van der Waals surface area contributed by atoms with Crippen LogP contribution in [0.15, 0.2) is 36.5 Å². The molecule has 3 aromatic rings. The van der Waals surface area contributed by atoms with E-state index in [1.807, 2.05) is 0 Å². The number of carbonyl (C=O) groups is 1. The fourth-order valence-corrected chi connectivity index (χ4v) is 1.93. The highest BCUT2D eigenvalue weighted by Gasteiger charge is 2.10. The number of ether oxygens (including phenoxy) is 1. The van der Waals surface area contributed by atoms with E-state index in [9.17, 15) is 4.79 Å². The number of benzene rings is 1. The van der Waals surface area contributed by atoms with E-state index in [4.69, 9.17) is 9.84 Å². The van der Waals surface area contributed by atoms with Crippen molar-refractivity contribution in [2.45, 2.75) is 0 Å². The average Bonchev–Trinajstić information content (AvgIpc) is 2.90. The summed E-state index contributed by atoms with van der Waals surface area (Å²) >= 11 is 0. The lowest BCUT2D eigenvalue weighted by Gasteiger charge is -2.00. The first kappa shape index (κ1) is 12.2. The van der Waals surface area contributed by atoms with Gasteiger partial charge in [-0.1, -0.05) is 0 Å². The fourth-order valence-electron chi connectivity index (χ4n) is 1.93. The number of nitrogens with zero attached hydrogens (tertiary/aromatic N) is 2. The Bertz CT molecular complexity index is 795. The largest absolute Gasteiger partial charge is 0.497 e. The maximum absolute atomic E-state index is 10.9. The van der Waals surface area contributed by atoms with Crippen molar-refractivity contribution in [1.82, 2.24) is 15.0 Å². The predicted molar refractivity (Wildman–Crippen MR) is 72.8 cm³/mol. The number of rotatable bonds is 3. The van der Waals surface area contributed by atoms with Crippen LogP contribution in [0.1, 0.15) is 10.4 Å². The molecule has 0 radical (unpaired) electrons. The molecule has 3 rings (SSSR count). The minimum atomic E-state index is -0.976. The molecule has 2 heterocycles. The van der Waals surface area contributed by atoms with Crippen molar-refractivity contribution in [3.8, 4) is 17.3 Å². The zero-order chi connectivity index (χ0) is 14.1. The van der Waals surface area contributed by atoms with E-state index in [1.165, 1.54) is 12.1 Å². The molecule has 0 amide bonds. The number of aromatic nitrogens is 3. The van der Waals surface area contributed by atoms with Gasteiger partial charge in [-0.15, -0.1) is 0 Å². The maximum atomic E-state index is 10.9. The molecule has 6 nitrogen and oxygen atoms in total. The van der Waals surface area contributed by atoms with Crippen molar-refractivity contribution < 1.29 is 14.6 Å². The SMILES string of the molecule is COc1ccnc(-c2nc3cc(C(=O)O)ccc3[nH]2)c1. The minimum absolute atomic E-state index is 0.203. The number of carboxylic acid groups (broad SMARTS) is 1. The van der Waals surface area contributed by atoms with E-state index in [2.05, 4.69) is 15.0 Å². The molecule has 6 heteroatoms. The summed E-state index contributed by atoms with van der Waals surface area (Å²) in [5, 5.41) is 8.97. The molecule has 0 aliphatic heterocycles. The third kappa shape index (κ3) is 2.07. The zero-order valence-electron chi connectivity index (χ0n) is 10.6. The first-order valence-corrected chi connectivity index (χ1v) is 5.91. The van der Waals surface area contributed by atoms with Crippen LogP contribution in [-0.4, -0.2) is 33.1 Å². The van der Waals surface area contributed by atoms with Gasteiger partial charge in [0.25, 0.3) is 0 Å². The van der Waals surface area contributed by atoms with Crippen LogP contribution in [0.4, 0.5) is 0 Å². The van der Waals surface area contributed by atoms with Gasteiger partial charge in [-0.3, -0.25) is 4.98 Å². The molecule has 0 saturated heterocycles. The number of aromatic carboxylic acids is 1. The molecule has 0 spiro atoms. The third-order valence-electron chi connectivity index (χ3n) is 2.94. The summed E-state index contributed by atoms with van der Waals surface area (Å²) in [5.74, 6) is 0.277. The molecular formula is C14H11N3O3. The number of nitrogens with one attached hydrogen (secondary N) is 1. The molecule has 0 aliphatic rings. The van der Waals surface area contributed by atoms with Gasteiger partial charge < -0.3 is 14.8 Å². The molecule has 0 saturated carbocycles. The first-order chi connectivity index (χ1) is 9.67. The lowest BCUT2D eigenvalue weighted by atomic mass is 10.2. The normalized spacial score (nSPS) is 10.7. The van der Waals surface area contributed by atoms with Gasteiger partial charge in [0.15, 0.2) is 5.82 Å². The summed E-state index contributed by atoms with van der Waals surface area (Å²) in [5.41, 5.74) is 2.19. The Labute approximate surface area is 114 Å². The topological polar surface area (TPSA) is 88.1 Å². The van der Waals surface area contributed by atoms with Gasteiger partial charge in [0.05, 0.1) is 23.7 Å². The molecule has 0 aliphatic carbocycles. The zero-order valence-corrected chi connectivity index (χ0v) is 10.6. The van der Waals surface area contributed by atoms with Gasteiger partial charge in [-0.05, 0) is 24.3 Å². The Balaban J connectivity index is 2.10. The molecule has 2 aromatic heterocycles. The molecule has 20 heavy (non-hydrogen) atoms. The third-order valence-corrected chi connectivity index (χ3v) is 2.94. The highest BCUT2D eigenvalue weighted by molar-refractivity contribution is 5.92. The summed E-state index contributed by atoms with van der Waals surface area (Å²) in [4.78, 5) is 22.6. The first-order valence-electron chi connectivity index (χ1n) is 5.91. The Morgan fingerprint density at radius 1 is 1.30 bits per heavy atom. The van der Waals surface area contributed by atoms with Gasteiger partial charge in [0, 0.05) is 12.3 Å². The number of hydrogen-bond donors (Lipinski definition) is 2. The van der Waals surface area contributed by atoms with E-state index < -0.39 is 5.97 Å². The molecule has 0 fully saturated rings.